The van der Waals surface area contributed by atoms with Crippen molar-refractivity contribution in [2.45, 2.75) is 44.9 Å². The Morgan fingerprint density at radius 1 is 1.27 bits per heavy atom. The molecule has 1 saturated carbocycles. The zero-order valence-corrected chi connectivity index (χ0v) is 9.21. The first-order valence-corrected chi connectivity index (χ1v) is 6.04. The highest BCUT2D eigenvalue weighted by atomic mass is 16.5. The summed E-state index contributed by atoms with van der Waals surface area (Å²) < 4.78 is 5.31. The minimum atomic E-state index is -0.563. The predicted octanol–water partition coefficient (Wildman–Crippen LogP) is 2.45. The lowest BCUT2D eigenvalue weighted by atomic mass is 9.75. The molecular formula is C12H20O3. The Balaban J connectivity index is 1.96. The lowest BCUT2D eigenvalue weighted by Gasteiger charge is -2.31. The number of ether oxygens (including phenoxy) is 1. The van der Waals surface area contributed by atoms with Crippen molar-refractivity contribution in [1.29, 1.82) is 0 Å². The van der Waals surface area contributed by atoms with Crippen molar-refractivity contribution in [3.05, 3.63) is 0 Å². The number of hydrogen-bond donors (Lipinski definition) is 1. The molecule has 3 nitrogen and oxygen atoms in total. The largest absolute Gasteiger partial charge is 0.481 e. The molecule has 2 aliphatic rings. The number of hydrogen-bond acceptors (Lipinski definition) is 2. The van der Waals surface area contributed by atoms with Gasteiger partial charge in [-0.15, -0.1) is 0 Å². The molecular weight excluding hydrogens is 192 g/mol. The minimum Gasteiger partial charge on any atom is -0.481 e. The van der Waals surface area contributed by atoms with Gasteiger partial charge in [0.2, 0.25) is 0 Å². The molecule has 3 heteroatoms. The van der Waals surface area contributed by atoms with Crippen LogP contribution in [-0.4, -0.2) is 24.3 Å². The highest BCUT2D eigenvalue weighted by Gasteiger charge is 2.42. The van der Waals surface area contributed by atoms with Gasteiger partial charge in [0.25, 0.3) is 0 Å². The molecule has 1 aliphatic carbocycles. The molecule has 0 unspecified atom stereocenters. The van der Waals surface area contributed by atoms with Crippen molar-refractivity contribution in [2.24, 2.45) is 11.3 Å². The van der Waals surface area contributed by atoms with Gasteiger partial charge in [0.05, 0.1) is 5.41 Å². The summed E-state index contributed by atoms with van der Waals surface area (Å²) in [6, 6.07) is 0. The minimum absolute atomic E-state index is 0.387. The van der Waals surface area contributed by atoms with Crippen LogP contribution < -0.4 is 0 Å². The number of carbonyl (C=O) groups is 1. The molecule has 1 saturated heterocycles. The van der Waals surface area contributed by atoms with E-state index in [2.05, 4.69) is 0 Å². The summed E-state index contributed by atoms with van der Waals surface area (Å²) in [5, 5.41) is 9.36. The average molecular weight is 212 g/mol. The fraction of sp³-hybridized carbons (Fsp3) is 0.917. The smallest absolute Gasteiger partial charge is 0.309 e. The van der Waals surface area contributed by atoms with Gasteiger partial charge in [0.15, 0.2) is 0 Å². The summed E-state index contributed by atoms with van der Waals surface area (Å²) in [5.74, 6) is 0.0134. The van der Waals surface area contributed by atoms with Crippen LogP contribution in [-0.2, 0) is 9.53 Å². The molecule has 2 rings (SSSR count). The van der Waals surface area contributed by atoms with Crippen LogP contribution in [0.3, 0.4) is 0 Å². The van der Waals surface area contributed by atoms with Gasteiger partial charge in [-0.3, -0.25) is 4.79 Å². The Morgan fingerprint density at radius 3 is 2.40 bits per heavy atom. The second-order valence-electron chi connectivity index (χ2n) is 5.05. The average Bonchev–Trinajstić information content (AvgIpc) is 2.69. The van der Waals surface area contributed by atoms with Crippen molar-refractivity contribution in [2.75, 3.05) is 13.2 Å². The Bertz CT molecular complexity index is 225. The lowest BCUT2D eigenvalue weighted by Crippen LogP contribution is -2.32. The summed E-state index contributed by atoms with van der Waals surface area (Å²) in [4.78, 5) is 11.4. The SMILES string of the molecule is O=C(O)C1(CC2CCOCC2)CCCC1. The van der Waals surface area contributed by atoms with Gasteiger partial charge >= 0.3 is 5.97 Å². The zero-order chi connectivity index (χ0) is 10.7. The third kappa shape index (κ3) is 2.33. The Labute approximate surface area is 90.8 Å². The monoisotopic (exact) mass is 212 g/mol. The van der Waals surface area contributed by atoms with E-state index in [4.69, 9.17) is 4.74 Å². The van der Waals surface area contributed by atoms with Crippen LogP contribution in [0.4, 0.5) is 0 Å². The van der Waals surface area contributed by atoms with Gasteiger partial charge in [-0.1, -0.05) is 12.8 Å². The molecule has 1 aliphatic heterocycles. The molecule has 2 fully saturated rings. The van der Waals surface area contributed by atoms with E-state index >= 15 is 0 Å². The van der Waals surface area contributed by atoms with Crippen LogP contribution in [0.25, 0.3) is 0 Å². The molecule has 0 amide bonds. The fourth-order valence-electron chi connectivity index (χ4n) is 3.06. The van der Waals surface area contributed by atoms with Crippen molar-refractivity contribution in [1.82, 2.24) is 0 Å². The molecule has 0 aromatic rings. The van der Waals surface area contributed by atoms with Crippen molar-refractivity contribution < 1.29 is 14.6 Å². The molecule has 1 heterocycles. The van der Waals surface area contributed by atoms with E-state index in [9.17, 15) is 9.90 Å². The first-order valence-electron chi connectivity index (χ1n) is 6.04. The third-order valence-corrected chi connectivity index (χ3v) is 4.03. The second kappa shape index (κ2) is 4.52. The summed E-state index contributed by atoms with van der Waals surface area (Å²) >= 11 is 0. The summed E-state index contributed by atoms with van der Waals surface area (Å²) in [7, 11) is 0. The normalized spacial score (nSPS) is 26.7. The van der Waals surface area contributed by atoms with E-state index in [1.807, 2.05) is 0 Å². The van der Waals surface area contributed by atoms with Crippen LogP contribution in [0.5, 0.6) is 0 Å². The standard InChI is InChI=1S/C12H20O3/c13-11(14)12(5-1-2-6-12)9-10-3-7-15-8-4-10/h10H,1-9H2,(H,13,14). The van der Waals surface area contributed by atoms with Crippen LogP contribution in [0.2, 0.25) is 0 Å². The van der Waals surface area contributed by atoms with Crippen LogP contribution in [0.15, 0.2) is 0 Å². The summed E-state index contributed by atoms with van der Waals surface area (Å²) in [6.45, 7) is 1.64. The van der Waals surface area contributed by atoms with Crippen molar-refractivity contribution in [3.8, 4) is 0 Å². The van der Waals surface area contributed by atoms with E-state index < -0.39 is 5.97 Å². The van der Waals surface area contributed by atoms with E-state index in [1.165, 1.54) is 0 Å². The Kier molecular flexibility index (Phi) is 3.29. The van der Waals surface area contributed by atoms with Gasteiger partial charge in [0.1, 0.15) is 0 Å². The number of carboxylic acid groups (broad SMARTS) is 1. The number of aliphatic carboxylic acids is 1. The quantitative estimate of drug-likeness (QED) is 0.781. The zero-order valence-electron chi connectivity index (χ0n) is 9.21. The van der Waals surface area contributed by atoms with E-state index in [-0.39, 0.29) is 5.41 Å². The third-order valence-electron chi connectivity index (χ3n) is 4.03. The van der Waals surface area contributed by atoms with Gasteiger partial charge < -0.3 is 9.84 Å². The lowest BCUT2D eigenvalue weighted by molar-refractivity contribution is -0.150. The molecule has 1 N–H and O–H groups in total. The molecule has 0 bridgehead atoms. The van der Waals surface area contributed by atoms with Crippen molar-refractivity contribution >= 4 is 5.97 Å². The highest BCUT2D eigenvalue weighted by Crippen LogP contribution is 2.45. The van der Waals surface area contributed by atoms with Crippen LogP contribution >= 0.6 is 0 Å². The van der Waals surface area contributed by atoms with Gasteiger partial charge in [-0.2, -0.15) is 0 Å². The fourth-order valence-corrected chi connectivity index (χ4v) is 3.06. The first-order chi connectivity index (χ1) is 7.23. The topological polar surface area (TPSA) is 46.5 Å². The Hall–Kier alpha value is -0.570. The van der Waals surface area contributed by atoms with Crippen LogP contribution in [0, 0.1) is 11.3 Å². The van der Waals surface area contributed by atoms with Gasteiger partial charge in [-0.25, -0.2) is 0 Å². The first kappa shape index (κ1) is 10.9. The molecule has 0 aromatic heterocycles. The molecule has 0 atom stereocenters. The van der Waals surface area contributed by atoms with Crippen molar-refractivity contribution in [3.63, 3.8) is 0 Å². The maximum absolute atomic E-state index is 11.4. The number of carboxylic acids is 1. The molecule has 15 heavy (non-hydrogen) atoms. The predicted molar refractivity (Wildman–Crippen MR) is 56.7 cm³/mol. The second-order valence-corrected chi connectivity index (χ2v) is 5.05. The molecule has 0 spiro atoms. The van der Waals surface area contributed by atoms with E-state index in [1.54, 1.807) is 0 Å². The van der Waals surface area contributed by atoms with Gasteiger partial charge in [-0.05, 0) is 38.0 Å². The maximum Gasteiger partial charge on any atom is 0.309 e. The highest BCUT2D eigenvalue weighted by molar-refractivity contribution is 5.75. The summed E-state index contributed by atoms with van der Waals surface area (Å²) in [6.07, 6.45) is 6.94. The molecule has 86 valence electrons. The van der Waals surface area contributed by atoms with Crippen LogP contribution in [0.1, 0.15) is 44.9 Å². The number of rotatable bonds is 3. The Morgan fingerprint density at radius 2 is 1.87 bits per heavy atom. The summed E-state index contributed by atoms with van der Waals surface area (Å²) in [5.41, 5.74) is -0.387. The molecule has 0 radical (unpaired) electrons. The van der Waals surface area contributed by atoms with Gasteiger partial charge in [0, 0.05) is 13.2 Å². The maximum atomic E-state index is 11.4. The van der Waals surface area contributed by atoms with E-state index in [0.717, 1.165) is 58.2 Å². The molecule has 0 aromatic carbocycles. The van der Waals surface area contributed by atoms with E-state index in [0.29, 0.717) is 5.92 Å².